The van der Waals surface area contributed by atoms with Gasteiger partial charge < -0.3 is 41.1 Å². The van der Waals surface area contributed by atoms with E-state index in [0.717, 1.165) is 97.7 Å². The van der Waals surface area contributed by atoms with Crippen LogP contribution in [0.25, 0.3) is 6.08 Å². The molecule has 350 valence electrons. The number of hydrogen-bond donors (Lipinski definition) is 5. The third-order valence-electron chi connectivity index (χ3n) is 13.5. The van der Waals surface area contributed by atoms with E-state index in [9.17, 15) is 24.0 Å². The van der Waals surface area contributed by atoms with Crippen LogP contribution in [0.15, 0.2) is 66.7 Å². The van der Waals surface area contributed by atoms with Gasteiger partial charge in [0.2, 0.25) is 29.5 Å². The Kier molecular flexibility index (Phi) is 17.6. The first-order chi connectivity index (χ1) is 31.7. The van der Waals surface area contributed by atoms with Gasteiger partial charge in [0.1, 0.15) is 18.1 Å². The fourth-order valence-electron chi connectivity index (χ4n) is 9.69. The van der Waals surface area contributed by atoms with E-state index >= 15 is 0 Å². The van der Waals surface area contributed by atoms with Crippen molar-refractivity contribution in [2.24, 2.45) is 5.92 Å². The summed E-state index contributed by atoms with van der Waals surface area (Å²) in [4.78, 5) is 79.8. The topological polar surface area (TPSA) is 174 Å². The fraction of sp³-hybridized carbons (Fsp3) is 0.560. The van der Waals surface area contributed by atoms with Crippen LogP contribution >= 0.6 is 11.3 Å². The van der Waals surface area contributed by atoms with Gasteiger partial charge in [0, 0.05) is 38.6 Å². The van der Waals surface area contributed by atoms with Crippen molar-refractivity contribution in [1.82, 2.24) is 36.5 Å². The minimum Gasteiger partial charge on any atom is -0.378 e. The molecule has 2 aliphatic heterocycles. The van der Waals surface area contributed by atoms with E-state index in [2.05, 4.69) is 43.6 Å². The lowest BCUT2D eigenvalue weighted by Gasteiger charge is -2.36. The number of unbranched alkanes of at least 4 members (excludes halogenated alkanes) is 3. The zero-order valence-electron chi connectivity index (χ0n) is 38.1. The number of benzene rings is 2. The van der Waals surface area contributed by atoms with Crippen molar-refractivity contribution < 1.29 is 28.7 Å². The van der Waals surface area contributed by atoms with Gasteiger partial charge in [-0.2, -0.15) is 0 Å². The van der Waals surface area contributed by atoms with E-state index in [1.165, 1.54) is 0 Å². The molecule has 0 radical (unpaired) electrons. The number of carbonyl (C=O) groups excluding carboxylic acids is 5. The van der Waals surface area contributed by atoms with Crippen molar-refractivity contribution >= 4 is 52.1 Å². The van der Waals surface area contributed by atoms with Gasteiger partial charge in [-0.05, 0) is 82.0 Å². The van der Waals surface area contributed by atoms with Crippen molar-refractivity contribution in [2.75, 3.05) is 57.9 Å². The molecule has 1 saturated carbocycles. The molecule has 2 aliphatic carbocycles. The summed E-state index contributed by atoms with van der Waals surface area (Å²) in [6, 6.07) is 16.5. The number of aromatic nitrogens is 1. The predicted octanol–water partition coefficient (Wildman–Crippen LogP) is 5.25. The van der Waals surface area contributed by atoms with Crippen molar-refractivity contribution in [3.05, 3.63) is 88.4 Å². The van der Waals surface area contributed by atoms with Crippen LogP contribution in [0.5, 0.6) is 0 Å². The second-order valence-electron chi connectivity index (χ2n) is 17.9. The number of morpholine rings is 1. The highest BCUT2D eigenvalue weighted by molar-refractivity contribution is 7.16. The molecule has 5 amide bonds. The Bertz CT molecular complexity index is 2030. The second-order valence-corrected chi connectivity index (χ2v) is 18.9. The highest BCUT2D eigenvalue weighted by Crippen LogP contribution is 2.37. The molecular weight excluding hydrogens is 841 g/mol. The largest absolute Gasteiger partial charge is 0.378 e. The Labute approximate surface area is 388 Å². The molecule has 2 saturated heterocycles. The number of carbonyl (C=O) groups is 5. The number of thiazole rings is 1. The number of nitrogens with one attached hydrogen (secondary N) is 5. The monoisotopic (exact) mass is 908 g/mol. The molecule has 3 fully saturated rings. The summed E-state index contributed by atoms with van der Waals surface area (Å²) in [5.74, 6) is -1.95. The van der Waals surface area contributed by atoms with Crippen LogP contribution in [-0.2, 0) is 28.7 Å². The lowest BCUT2D eigenvalue weighted by molar-refractivity contribution is -0.143. The number of likely N-dealkylation sites (tertiary alicyclic amines) is 1. The Morgan fingerprint density at radius 3 is 2.09 bits per heavy atom. The SMILES string of the molecule is CN[C@@H](C)C(=O)N[C@H](C(=O)N1CCCC1C(=O)N[C@H](C(=O)NCCCCCCNC(=O)C1CC=Cc2sc(N3CCOCC3)nc21)C(c1ccccc1)c1ccccc1)C1CCCCC1. The maximum Gasteiger partial charge on any atom is 0.246 e. The molecule has 2 unspecified atom stereocenters. The lowest BCUT2D eigenvalue weighted by atomic mass is 9.83. The molecule has 14 nitrogen and oxygen atoms in total. The number of hydrogen-bond acceptors (Lipinski definition) is 10. The van der Waals surface area contributed by atoms with E-state index in [4.69, 9.17) is 9.72 Å². The van der Waals surface area contributed by atoms with Crippen LogP contribution in [0, 0.1) is 5.92 Å². The third kappa shape index (κ3) is 12.4. The first-order valence-electron chi connectivity index (χ1n) is 24.0. The Balaban J connectivity index is 0.960. The van der Waals surface area contributed by atoms with E-state index in [-0.39, 0.29) is 41.4 Å². The summed E-state index contributed by atoms with van der Waals surface area (Å²) >= 11 is 1.64. The number of ether oxygens (including phenoxy) is 1. The van der Waals surface area contributed by atoms with E-state index in [1.807, 2.05) is 60.7 Å². The normalized spacial score (nSPS) is 20.1. The van der Waals surface area contributed by atoms with Gasteiger partial charge in [-0.25, -0.2) is 4.98 Å². The number of anilines is 1. The van der Waals surface area contributed by atoms with E-state index in [0.29, 0.717) is 52.1 Å². The molecule has 3 aromatic rings. The van der Waals surface area contributed by atoms with Gasteiger partial charge in [-0.1, -0.05) is 110 Å². The number of likely N-dealkylation sites (N-methyl/N-ethyl adjacent to an activating group) is 1. The van der Waals surface area contributed by atoms with Gasteiger partial charge in [0.25, 0.3) is 0 Å². The molecule has 4 aliphatic rings. The van der Waals surface area contributed by atoms with Crippen LogP contribution in [0.4, 0.5) is 5.13 Å². The molecule has 3 heterocycles. The quantitative estimate of drug-likeness (QED) is 0.0950. The average molecular weight is 909 g/mol. The third-order valence-corrected chi connectivity index (χ3v) is 14.6. The van der Waals surface area contributed by atoms with E-state index in [1.54, 1.807) is 30.2 Å². The standard InChI is InChI=1S/C50H68N8O6S/c1-34(51-2)45(59)54-42(37-22-12-7-13-23-37)49(63)58-29-17-25-39(58)47(61)55-44(41(35-18-8-5-9-19-35)36-20-10-6-11-21-36)48(62)53-28-15-4-3-14-27-52-46(60)38-24-16-26-40-43(38)56-50(65-40)57-30-32-64-33-31-57/h5-6,8-11,16,18-21,26,34,37-39,41-42,44,51H,3-4,7,12-15,17,22-25,27-33H2,1-2H3,(H,52,60)(H,53,62)(H,54,59)(H,55,61)/t34-,38?,39?,42-,44-/m0/s1. The van der Waals surface area contributed by atoms with Crippen molar-refractivity contribution in [3.63, 3.8) is 0 Å². The maximum atomic E-state index is 14.5. The first-order valence-corrected chi connectivity index (χ1v) is 24.8. The zero-order valence-corrected chi connectivity index (χ0v) is 38.9. The number of allylic oxidation sites excluding steroid dienone is 1. The summed E-state index contributed by atoms with van der Waals surface area (Å²) < 4.78 is 5.50. The van der Waals surface area contributed by atoms with Crippen LogP contribution < -0.4 is 31.5 Å². The van der Waals surface area contributed by atoms with Crippen LogP contribution in [0.1, 0.15) is 118 Å². The fourth-order valence-corrected chi connectivity index (χ4v) is 10.8. The number of nitrogens with zero attached hydrogens (tertiary/aromatic N) is 3. The summed E-state index contributed by atoms with van der Waals surface area (Å²) in [6.07, 6.45) is 13.9. The van der Waals surface area contributed by atoms with Gasteiger partial charge in [0.15, 0.2) is 5.13 Å². The van der Waals surface area contributed by atoms with Crippen LogP contribution in [0.3, 0.4) is 0 Å². The number of rotatable bonds is 20. The van der Waals surface area contributed by atoms with Gasteiger partial charge in [-0.15, -0.1) is 0 Å². The Hall–Kier alpha value is -5.12. The average Bonchev–Trinajstić information content (AvgIpc) is 4.03. The van der Waals surface area contributed by atoms with Crippen LogP contribution in [0.2, 0.25) is 0 Å². The lowest BCUT2D eigenvalue weighted by Crippen LogP contribution is -2.59. The smallest absolute Gasteiger partial charge is 0.246 e. The van der Waals surface area contributed by atoms with Gasteiger partial charge >= 0.3 is 0 Å². The molecule has 15 heteroatoms. The highest BCUT2D eigenvalue weighted by Gasteiger charge is 2.43. The molecule has 1 aromatic heterocycles. The van der Waals surface area contributed by atoms with Crippen molar-refractivity contribution in [2.45, 2.75) is 120 Å². The maximum absolute atomic E-state index is 14.5. The zero-order chi connectivity index (χ0) is 45.5. The predicted molar refractivity (Wildman–Crippen MR) is 254 cm³/mol. The Morgan fingerprint density at radius 1 is 0.769 bits per heavy atom. The van der Waals surface area contributed by atoms with Gasteiger partial charge in [0.05, 0.1) is 35.7 Å². The molecular formula is C50H68N8O6S. The summed E-state index contributed by atoms with van der Waals surface area (Å²) in [7, 11) is 1.72. The Morgan fingerprint density at radius 2 is 1.43 bits per heavy atom. The van der Waals surface area contributed by atoms with Gasteiger partial charge in [-0.3, -0.25) is 24.0 Å². The molecule has 5 atom stereocenters. The van der Waals surface area contributed by atoms with Crippen LogP contribution in [-0.4, -0.2) is 117 Å². The minimum absolute atomic E-state index is 0.00113. The van der Waals surface area contributed by atoms with Crippen molar-refractivity contribution in [3.8, 4) is 0 Å². The molecule has 2 aromatic carbocycles. The number of fused-ring (bicyclic) bond motifs is 1. The van der Waals surface area contributed by atoms with E-state index < -0.39 is 30.1 Å². The second kappa shape index (κ2) is 23.9. The molecule has 65 heavy (non-hydrogen) atoms. The number of amides is 5. The summed E-state index contributed by atoms with van der Waals surface area (Å²) in [5, 5.41) is 16.4. The molecule has 0 spiro atoms. The minimum atomic E-state index is -0.969. The highest BCUT2D eigenvalue weighted by atomic mass is 32.1. The molecule has 7 rings (SSSR count). The van der Waals surface area contributed by atoms with Crippen molar-refractivity contribution in [1.29, 1.82) is 0 Å². The molecule has 0 bridgehead atoms. The summed E-state index contributed by atoms with van der Waals surface area (Å²) in [5.41, 5.74) is 2.63. The summed E-state index contributed by atoms with van der Waals surface area (Å²) in [6.45, 7) is 6.13. The first kappa shape index (κ1) is 47.8. The molecule has 5 N–H and O–H groups in total.